The molecule has 28 heavy (non-hydrogen) atoms. The Kier molecular flexibility index (Phi) is 5.99. The number of rotatable bonds is 7. The maximum Gasteiger partial charge on any atom is 0.245 e. The number of methoxy groups -OCH3 is 2. The number of halogens is 1. The predicted octanol–water partition coefficient (Wildman–Crippen LogP) is 4.90. The summed E-state index contributed by atoms with van der Waals surface area (Å²) >= 11 is 6.04. The van der Waals surface area contributed by atoms with Crippen LogP contribution in [-0.4, -0.2) is 26.1 Å². The maximum absolute atomic E-state index is 12.6. The van der Waals surface area contributed by atoms with Crippen LogP contribution >= 0.6 is 11.6 Å². The van der Waals surface area contributed by atoms with E-state index in [1.807, 2.05) is 60.7 Å². The van der Waals surface area contributed by atoms with Crippen molar-refractivity contribution in [1.29, 1.82) is 5.26 Å². The van der Waals surface area contributed by atoms with Gasteiger partial charge in [0.15, 0.2) is 5.41 Å². The summed E-state index contributed by atoms with van der Waals surface area (Å²) in [6, 6.07) is 23.2. The van der Waals surface area contributed by atoms with E-state index < -0.39 is 16.6 Å². The molecule has 0 aromatic heterocycles. The minimum Gasteiger partial charge on any atom is -0.496 e. The molecule has 4 nitrogen and oxygen atoms in total. The zero-order valence-corrected chi connectivity index (χ0v) is 16.4. The van der Waals surface area contributed by atoms with Crippen LogP contribution in [-0.2, 0) is 9.53 Å². The Bertz CT molecular complexity index is 1040. The normalized spacial score (nSPS) is 14.1. The predicted molar refractivity (Wildman–Crippen MR) is 110 cm³/mol. The Morgan fingerprint density at radius 2 is 1.68 bits per heavy atom. The van der Waals surface area contributed by atoms with Gasteiger partial charge in [0.1, 0.15) is 5.75 Å². The van der Waals surface area contributed by atoms with Crippen molar-refractivity contribution in [3.05, 3.63) is 77.9 Å². The lowest BCUT2D eigenvalue weighted by atomic mass is 9.69. The third-order valence-corrected chi connectivity index (χ3v) is 5.34. The van der Waals surface area contributed by atoms with Crippen molar-refractivity contribution in [1.82, 2.24) is 0 Å². The lowest BCUT2D eigenvalue weighted by Gasteiger charge is -2.33. The van der Waals surface area contributed by atoms with Crippen LogP contribution in [0.4, 0.5) is 0 Å². The third kappa shape index (κ3) is 3.35. The standard InChI is InChI=1S/C23H20ClNO3/c1-27-15-23(14-25,22(24)26)21(19-11-5-6-13-20(19)28-2)18-12-7-9-16-8-3-4-10-17(16)18/h3-13,21H,15H2,1-2H3. The molecule has 2 unspecified atom stereocenters. The molecule has 0 saturated carbocycles. The van der Waals surface area contributed by atoms with Crippen LogP contribution in [0.2, 0.25) is 0 Å². The quantitative estimate of drug-likeness (QED) is 0.535. The fourth-order valence-corrected chi connectivity index (χ4v) is 3.93. The molecular weight excluding hydrogens is 374 g/mol. The van der Waals surface area contributed by atoms with Crippen LogP contribution in [0.5, 0.6) is 5.75 Å². The van der Waals surface area contributed by atoms with E-state index in [2.05, 4.69) is 6.07 Å². The van der Waals surface area contributed by atoms with Gasteiger partial charge >= 0.3 is 0 Å². The first-order valence-corrected chi connectivity index (χ1v) is 9.17. The van der Waals surface area contributed by atoms with Crippen molar-refractivity contribution < 1.29 is 14.3 Å². The van der Waals surface area contributed by atoms with Gasteiger partial charge in [0.2, 0.25) is 5.24 Å². The molecule has 0 heterocycles. The summed E-state index contributed by atoms with van der Waals surface area (Å²) in [4.78, 5) is 12.6. The Balaban J connectivity index is 2.41. The van der Waals surface area contributed by atoms with Gasteiger partial charge in [0, 0.05) is 18.6 Å². The first kappa shape index (κ1) is 19.9. The average molecular weight is 394 g/mol. The molecule has 0 aliphatic carbocycles. The summed E-state index contributed by atoms with van der Waals surface area (Å²) in [7, 11) is 3.01. The second kappa shape index (κ2) is 8.43. The number of benzene rings is 3. The lowest BCUT2D eigenvalue weighted by molar-refractivity contribution is -0.120. The van der Waals surface area contributed by atoms with Crippen LogP contribution < -0.4 is 4.74 Å². The van der Waals surface area contributed by atoms with Gasteiger partial charge in [0.05, 0.1) is 19.8 Å². The van der Waals surface area contributed by atoms with Crippen LogP contribution in [0.25, 0.3) is 10.8 Å². The van der Waals surface area contributed by atoms with E-state index in [1.54, 1.807) is 13.2 Å². The van der Waals surface area contributed by atoms with Gasteiger partial charge in [-0.15, -0.1) is 0 Å². The third-order valence-electron chi connectivity index (χ3n) is 5.00. The molecule has 142 valence electrons. The van der Waals surface area contributed by atoms with Crippen molar-refractivity contribution in [2.45, 2.75) is 5.92 Å². The summed E-state index contributed by atoms with van der Waals surface area (Å²) in [6.07, 6.45) is 0. The molecular formula is C23H20ClNO3. The number of ether oxygens (including phenoxy) is 2. The van der Waals surface area contributed by atoms with Crippen LogP contribution in [0.3, 0.4) is 0 Å². The Hall–Kier alpha value is -2.87. The zero-order chi connectivity index (χ0) is 20.1. The molecule has 0 spiro atoms. The monoisotopic (exact) mass is 393 g/mol. The Morgan fingerprint density at radius 3 is 2.36 bits per heavy atom. The number of hydrogen-bond acceptors (Lipinski definition) is 4. The molecule has 3 rings (SSSR count). The molecule has 0 bridgehead atoms. The highest BCUT2D eigenvalue weighted by Gasteiger charge is 2.48. The van der Waals surface area contributed by atoms with E-state index in [-0.39, 0.29) is 6.61 Å². The maximum atomic E-state index is 12.6. The van der Waals surface area contributed by atoms with Gasteiger partial charge < -0.3 is 9.47 Å². The van der Waals surface area contributed by atoms with Crippen molar-refractivity contribution in [2.75, 3.05) is 20.8 Å². The summed E-state index contributed by atoms with van der Waals surface area (Å²) in [5.74, 6) is -0.0984. The van der Waals surface area contributed by atoms with Gasteiger partial charge in [-0.2, -0.15) is 5.26 Å². The fraction of sp³-hybridized carbons (Fsp3) is 0.217. The number of carbonyl (C=O) groups is 1. The van der Waals surface area contributed by atoms with Crippen LogP contribution in [0.15, 0.2) is 66.7 Å². The Labute approximate surface area is 169 Å². The van der Waals surface area contributed by atoms with Crippen LogP contribution in [0.1, 0.15) is 17.0 Å². The van der Waals surface area contributed by atoms with Crippen molar-refractivity contribution in [3.63, 3.8) is 0 Å². The second-order valence-corrected chi connectivity index (χ2v) is 6.88. The van der Waals surface area contributed by atoms with Crippen molar-refractivity contribution >= 4 is 27.6 Å². The molecule has 0 aliphatic heterocycles. The largest absolute Gasteiger partial charge is 0.496 e. The summed E-state index contributed by atoms with van der Waals surface area (Å²) in [5.41, 5.74) is -0.0983. The minimum atomic E-state index is -1.62. The molecule has 5 heteroatoms. The van der Waals surface area contributed by atoms with Crippen molar-refractivity contribution in [2.24, 2.45) is 5.41 Å². The highest BCUT2D eigenvalue weighted by Crippen LogP contribution is 2.47. The molecule has 0 saturated heterocycles. The minimum absolute atomic E-state index is 0.141. The highest BCUT2D eigenvalue weighted by molar-refractivity contribution is 6.65. The number of fused-ring (bicyclic) bond motifs is 1. The molecule has 0 aliphatic rings. The van der Waals surface area contributed by atoms with E-state index in [0.717, 1.165) is 16.3 Å². The van der Waals surface area contributed by atoms with Gasteiger partial charge in [-0.25, -0.2) is 0 Å². The summed E-state index contributed by atoms with van der Waals surface area (Å²) in [6.45, 7) is -0.141. The van der Waals surface area contributed by atoms with E-state index >= 15 is 0 Å². The molecule has 0 fully saturated rings. The van der Waals surface area contributed by atoms with E-state index in [4.69, 9.17) is 21.1 Å². The van der Waals surface area contributed by atoms with Gasteiger partial charge in [-0.1, -0.05) is 60.7 Å². The van der Waals surface area contributed by atoms with E-state index in [9.17, 15) is 10.1 Å². The fourth-order valence-electron chi connectivity index (χ4n) is 3.73. The first-order valence-electron chi connectivity index (χ1n) is 8.79. The van der Waals surface area contributed by atoms with Gasteiger partial charge in [-0.05, 0) is 34.0 Å². The number of nitrogens with zero attached hydrogens (tertiary/aromatic N) is 1. The number of nitriles is 1. The van der Waals surface area contributed by atoms with Gasteiger partial charge in [0.25, 0.3) is 0 Å². The lowest BCUT2D eigenvalue weighted by Crippen LogP contribution is -2.38. The summed E-state index contributed by atoms with van der Waals surface area (Å²) in [5, 5.41) is 11.3. The SMILES string of the molecule is COCC(C#N)(C(=O)Cl)C(c1ccccc1OC)c1cccc2ccccc12. The topological polar surface area (TPSA) is 59.3 Å². The second-order valence-electron chi connectivity index (χ2n) is 6.53. The molecule has 0 amide bonds. The zero-order valence-electron chi connectivity index (χ0n) is 15.7. The van der Waals surface area contributed by atoms with E-state index in [1.165, 1.54) is 7.11 Å². The molecule has 2 atom stereocenters. The van der Waals surface area contributed by atoms with E-state index in [0.29, 0.717) is 11.3 Å². The number of carbonyl (C=O) groups excluding carboxylic acids is 1. The molecule has 0 N–H and O–H groups in total. The highest BCUT2D eigenvalue weighted by atomic mass is 35.5. The molecule has 0 radical (unpaired) electrons. The summed E-state index contributed by atoms with van der Waals surface area (Å²) < 4.78 is 10.9. The Morgan fingerprint density at radius 1 is 1.04 bits per heavy atom. The average Bonchev–Trinajstić information content (AvgIpc) is 2.73. The molecule has 3 aromatic rings. The number of para-hydroxylation sites is 1. The van der Waals surface area contributed by atoms with Crippen molar-refractivity contribution in [3.8, 4) is 11.8 Å². The van der Waals surface area contributed by atoms with Crippen LogP contribution in [0, 0.1) is 16.7 Å². The smallest absolute Gasteiger partial charge is 0.245 e. The number of hydrogen-bond donors (Lipinski definition) is 0. The first-order chi connectivity index (χ1) is 13.6. The van der Waals surface area contributed by atoms with Gasteiger partial charge in [-0.3, -0.25) is 4.79 Å². The molecule has 3 aromatic carbocycles.